The molecule has 0 saturated carbocycles. The van der Waals surface area contributed by atoms with Gasteiger partial charge in [0.2, 0.25) is 0 Å². The first kappa shape index (κ1) is 14.3. The van der Waals surface area contributed by atoms with E-state index in [4.69, 9.17) is 10.9 Å². The molecule has 17 heavy (non-hydrogen) atoms. The molecule has 1 aliphatic rings. The van der Waals surface area contributed by atoms with E-state index in [1.807, 2.05) is 0 Å². The van der Waals surface area contributed by atoms with Gasteiger partial charge in [0, 0.05) is 31.7 Å². The summed E-state index contributed by atoms with van der Waals surface area (Å²) in [6.07, 6.45) is 0.880. The van der Waals surface area contributed by atoms with Gasteiger partial charge in [-0.15, -0.1) is 0 Å². The van der Waals surface area contributed by atoms with Crippen molar-refractivity contribution in [3.05, 3.63) is 0 Å². The van der Waals surface area contributed by atoms with Crippen LogP contribution < -0.4 is 5.73 Å². The van der Waals surface area contributed by atoms with Crippen molar-refractivity contribution in [2.24, 2.45) is 10.9 Å². The lowest BCUT2D eigenvalue weighted by molar-refractivity contribution is 0.0527. The van der Waals surface area contributed by atoms with Gasteiger partial charge in [0.05, 0.1) is 6.04 Å². The van der Waals surface area contributed by atoms with Gasteiger partial charge in [0.1, 0.15) is 0 Å². The summed E-state index contributed by atoms with van der Waals surface area (Å²) in [6, 6.07) is 0.0714. The number of amidine groups is 1. The molecule has 0 aliphatic carbocycles. The number of hydrogen-bond donors (Lipinski definition) is 2. The monoisotopic (exact) mass is 242 g/mol. The lowest BCUT2D eigenvalue weighted by Crippen LogP contribution is -2.57. The summed E-state index contributed by atoms with van der Waals surface area (Å²) in [5, 5.41) is 11.9. The Hall–Kier alpha value is -0.810. The van der Waals surface area contributed by atoms with Crippen molar-refractivity contribution in [2.75, 3.05) is 26.2 Å². The smallest absolute Gasteiger partial charge is 0.156 e. The Morgan fingerprint density at radius 3 is 2.18 bits per heavy atom. The fourth-order valence-corrected chi connectivity index (χ4v) is 2.43. The Kier molecular flexibility index (Phi) is 4.77. The van der Waals surface area contributed by atoms with E-state index in [-0.39, 0.29) is 11.6 Å². The Morgan fingerprint density at radius 1 is 1.29 bits per heavy atom. The summed E-state index contributed by atoms with van der Waals surface area (Å²) in [4.78, 5) is 4.78. The van der Waals surface area contributed by atoms with Crippen LogP contribution in [0, 0.1) is 0 Å². The van der Waals surface area contributed by atoms with E-state index in [9.17, 15) is 0 Å². The number of nitrogens with zero attached hydrogens (tertiary/aromatic N) is 3. The number of hydrogen-bond acceptors (Lipinski definition) is 4. The Balaban J connectivity index is 2.56. The van der Waals surface area contributed by atoms with Crippen molar-refractivity contribution in [3.63, 3.8) is 0 Å². The third kappa shape index (κ3) is 3.57. The van der Waals surface area contributed by atoms with Crippen LogP contribution in [0.5, 0.6) is 0 Å². The highest BCUT2D eigenvalue weighted by molar-refractivity contribution is 5.85. The molecule has 0 aromatic carbocycles. The normalized spacial score (nSPS) is 22.7. The topological polar surface area (TPSA) is 65.1 Å². The minimum Gasteiger partial charge on any atom is -0.409 e. The van der Waals surface area contributed by atoms with Gasteiger partial charge in [-0.2, -0.15) is 0 Å². The van der Waals surface area contributed by atoms with Gasteiger partial charge >= 0.3 is 0 Å². The molecule has 1 heterocycles. The molecule has 1 fully saturated rings. The molecule has 1 saturated heterocycles. The molecule has 100 valence electrons. The summed E-state index contributed by atoms with van der Waals surface area (Å²) in [7, 11) is 0. The molecule has 0 radical (unpaired) electrons. The average Bonchev–Trinajstić information content (AvgIpc) is 2.29. The predicted molar refractivity (Wildman–Crippen MR) is 70.4 cm³/mol. The van der Waals surface area contributed by atoms with Crippen LogP contribution in [0.3, 0.4) is 0 Å². The maximum Gasteiger partial charge on any atom is 0.156 e. The molecule has 1 unspecified atom stereocenters. The Labute approximate surface area is 104 Å². The lowest BCUT2D eigenvalue weighted by atomic mass is 10.0. The van der Waals surface area contributed by atoms with Crippen molar-refractivity contribution in [2.45, 2.75) is 45.7 Å². The zero-order chi connectivity index (χ0) is 13.1. The third-order valence-electron chi connectivity index (χ3n) is 3.55. The summed E-state index contributed by atoms with van der Waals surface area (Å²) in [5.74, 6) is 0.330. The highest BCUT2D eigenvalue weighted by Gasteiger charge is 2.29. The predicted octanol–water partition coefficient (Wildman–Crippen LogP) is 0.928. The molecule has 0 aromatic heterocycles. The van der Waals surface area contributed by atoms with Crippen molar-refractivity contribution in [3.8, 4) is 0 Å². The number of nitrogens with two attached hydrogens (primary N) is 1. The van der Waals surface area contributed by atoms with Crippen LogP contribution >= 0.6 is 0 Å². The zero-order valence-corrected chi connectivity index (χ0v) is 11.5. The number of rotatable bonds is 3. The largest absolute Gasteiger partial charge is 0.409 e. The SMILES string of the molecule is CCC(C(N)=NO)N1CCN(C(C)(C)C)CC1. The molecule has 1 rings (SSSR count). The lowest BCUT2D eigenvalue weighted by Gasteiger charge is -2.44. The highest BCUT2D eigenvalue weighted by Crippen LogP contribution is 2.17. The summed E-state index contributed by atoms with van der Waals surface area (Å²) in [5.41, 5.74) is 5.95. The van der Waals surface area contributed by atoms with Gasteiger partial charge < -0.3 is 10.9 Å². The van der Waals surface area contributed by atoms with Crippen LogP contribution in [-0.4, -0.2) is 58.6 Å². The maximum atomic E-state index is 8.77. The summed E-state index contributed by atoms with van der Waals surface area (Å²) < 4.78 is 0. The number of piperazine rings is 1. The first-order valence-corrected chi connectivity index (χ1v) is 6.36. The second kappa shape index (κ2) is 5.69. The van der Waals surface area contributed by atoms with Crippen molar-refractivity contribution in [1.29, 1.82) is 0 Å². The highest BCUT2D eigenvalue weighted by atomic mass is 16.4. The van der Waals surface area contributed by atoms with Crippen LogP contribution in [0.25, 0.3) is 0 Å². The van der Waals surface area contributed by atoms with E-state index in [2.05, 4.69) is 42.7 Å². The molecule has 5 nitrogen and oxygen atoms in total. The molecule has 1 aliphatic heterocycles. The van der Waals surface area contributed by atoms with Gasteiger partial charge in [-0.1, -0.05) is 12.1 Å². The van der Waals surface area contributed by atoms with Crippen molar-refractivity contribution in [1.82, 2.24) is 9.80 Å². The van der Waals surface area contributed by atoms with E-state index in [1.165, 1.54) is 0 Å². The minimum absolute atomic E-state index is 0.0714. The van der Waals surface area contributed by atoms with Crippen LogP contribution in [0.4, 0.5) is 0 Å². The third-order valence-corrected chi connectivity index (χ3v) is 3.55. The fraction of sp³-hybridized carbons (Fsp3) is 0.917. The second-order valence-corrected chi connectivity index (χ2v) is 5.64. The standard InChI is InChI=1S/C12H26N4O/c1-5-10(11(13)14-17)15-6-8-16(9-7-15)12(2,3)4/h10,17H,5-9H2,1-4H3,(H2,13,14). The molecule has 0 spiro atoms. The summed E-state index contributed by atoms with van der Waals surface area (Å²) in [6.45, 7) is 12.8. The van der Waals surface area contributed by atoms with E-state index in [0.717, 1.165) is 32.6 Å². The average molecular weight is 242 g/mol. The Bertz CT molecular complexity index is 264. The van der Waals surface area contributed by atoms with Gasteiger partial charge in [-0.25, -0.2) is 0 Å². The van der Waals surface area contributed by atoms with E-state index >= 15 is 0 Å². The van der Waals surface area contributed by atoms with E-state index in [0.29, 0.717) is 5.84 Å². The first-order chi connectivity index (χ1) is 7.90. The number of oxime groups is 1. The van der Waals surface area contributed by atoms with Crippen LogP contribution in [-0.2, 0) is 0 Å². The summed E-state index contributed by atoms with van der Waals surface area (Å²) >= 11 is 0. The molecular weight excluding hydrogens is 216 g/mol. The molecule has 0 bridgehead atoms. The Morgan fingerprint density at radius 2 is 1.82 bits per heavy atom. The quantitative estimate of drug-likeness (QED) is 0.334. The molecule has 0 amide bonds. The minimum atomic E-state index is 0.0714. The molecule has 0 aromatic rings. The van der Waals surface area contributed by atoms with Crippen LogP contribution in [0.1, 0.15) is 34.1 Å². The van der Waals surface area contributed by atoms with Gasteiger partial charge in [0.25, 0.3) is 0 Å². The van der Waals surface area contributed by atoms with Crippen molar-refractivity contribution >= 4 is 5.84 Å². The van der Waals surface area contributed by atoms with Gasteiger partial charge in [-0.3, -0.25) is 9.80 Å². The van der Waals surface area contributed by atoms with Gasteiger partial charge in [-0.05, 0) is 27.2 Å². The van der Waals surface area contributed by atoms with Gasteiger partial charge in [0.15, 0.2) is 5.84 Å². The maximum absolute atomic E-state index is 8.77. The molecule has 5 heteroatoms. The van der Waals surface area contributed by atoms with Crippen LogP contribution in [0.2, 0.25) is 0 Å². The fourth-order valence-electron chi connectivity index (χ4n) is 2.43. The van der Waals surface area contributed by atoms with E-state index < -0.39 is 0 Å². The van der Waals surface area contributed by atoms with Crippen LogP contribution in [0.15, 0.2) is 5.16 Å². The zero-order valence-electron chi connectivity index (χ0n) is 11.5. The van der Waals surface area contributed by atoms with Crippen molar-refractivity contribution < 1.29 is 5.21 Å². The van der Waals surface area contributed by atoms with E-state index in [1.54, 1.807) is 0 Å². The second-order valence-electron chi connectivity index (χ2n) is 5.64. The molecule has 3 N–H and O–H groups in total. The molecule has 1 atom stereocenters. The molecular formula is C12H26N4O. The first-order valence-electron chi connectivity index (χ1n) is 6.36.